The predicted molar refractivity (Wildman–Crippen MR) is 92.7 cm³/mol. The van der Waals surface area contributed by atoms with Crippen molar-refractivity contribution in [3.63, 3.8) is 0 Å². The standard InChI is InChI=1S/C17H25BrN2S/c1-16(12-3-4-12)11-20(9-15-14(18)7-8-21-15)17(2,10-19-16)13-5-6-13/h7-8,12-13,19H,3-6,9-11H2,1-2H3. The number of hydrogen-bond donors (Lipinski definition) is 1. The highest BCUT2D eigenvalue weighted by molar-refractivity contribution is 9.10. The number of halogens is 1. The topological polar surface area (TPSA) is 15.3 Å². The second kappa shape index (κ2) is 5.05. The first-order valence-electron chi connectivity index (χ1n) is 8.23. The van der Waals surface area contributed by atoms with E-state index in [0.29, 0.717) is 11.1 Å². The van der Waals surface area contributed by atoms with E-state index in [1.165, 1.54) is 41.6 Å². The van der Waals surface area contributed by atoms with Crippen molar-refractivity contribution in [1.82, 2.24) is 10.2 Å². The number of hydrogen-bond acceptors (Lipinski definition) is 3. The van der Waals surface area contributed by atoms with Crippen molar-refractivity contribution in [3.8, 4) is 0 Å². The van der Waals surface area contributed by atoms with E-state index in [1.54, 1.807) is 0 Å². The molecule has 2 nitrogen and oxygen atoms in total. The zero-order valence-electron chi connectivity index (χ0n) is 13.0. The molecule has 2 saturated carbocycles. The normalized spacial score (nSPS) is 37.9. The third-order valence-electron chi connectivity index (χ3n) is 6.05. The molecule has 0 spiro atoms. The molecule has 2 aliphatic carbocycles. The third kappa shape index (κ3) is 2.62. The molecule has 2 unspecified atom stereocenters. The highest BCUT2D eigenvalue weighted by Gasteiger charge is 2.54. The van der Waals surface area contributed by atoms with Crippen LogP contribution in [-0.4, -0.2) is 29.1 Å². The molecular formula is C17H25BrN2S. The molecule has 4 rings (SSSR count). The molecular weight excluding hydrogens is 344 g/mol. The lowest BCUT2D eigenvalue weighted by Crippen LogP contribution is -2.69. The van der Waals surface area contributed by atoms with Gasteiger partial charge in [0, 0.05) is 40.1 Å². The Morgan fingerprint density at radius 2 is 2.00 bits per heavy atom. The average Bonchev–Trinajstić information content (AvgIpc) is 3.34. The van der Waals surface area contributed by atoms with Crippen molar-refractivity contribution in [2.75, 3.05) is 13.1 Å². The molecule has 4 heteroatoms. The van der Waals surface area contributed by atoms with Gasteiger partial charge in [-0.25, -0.2) is 0 Å². The molecule has 0 radical (unpaired) electrons. The van der Waals surface area contributed by atoms with Crippen LogP contribution in [0.1, 0.15) is 44.4 Å². The second-order valence-electron chi connectivity index (χ2n) is 7.72. The summed E-state index contributed by atoms with van der Waals surface area (Å²) in [6.45, 7) is 8.41. The van der Waals surface area contributed by atoms with Gasteiger partial charge in [-0.2, -0.15) is 0 Å². The minimum Gasteiger partial charge on any atom is -0.308 e. The van der Waals surface area contributed by atoms with Crippen molar-refractivity contribution in [1.29, 1.82) is 0 Å². The van der Waals surface area contributed by atoms with Gasteiger partial charge in [-0.3, -0.25) is 4.90 Å². The lowest BCUT2D eigenvalue weighted by molar-refractivity contribution is -0.00650. The number of thiophene rings is 1. The van der Waals surface area contributed by atoms with E-state index >= 15 is 0 Å². The Morgan fingerprint density at radius 3 is 2.57 bits per heavy atom. The van der Waals surface area contributed by atoms with E-state index in [0.717, 1.165) is 24.9 Å². The summed E-state index contributed by atoms with van der Waals surface area (Å²) >= 11 is 5.61. The summed E-state index contributed by atoms with van der Waals surface area (Å²) in [5, 5.41) is 6.15. The number of nitrogens with zero attached hydrogens (tertiary/aromatic N) is 1. The van der Waals surface area contributed by atoms with Crippen LogP contribution in [0.4, 0.5) is 0 Å². The average molecular weight is 369 g/mol. The van der Waals surface area contributed by atoms with Gasteiger partial charge < -0.3 is 5.32 Å². The van der Waals surface area contributed by atoms with Crippen LogP contribution in [0.3, 0.4) is 0 Å². The first kappa shape index (κ1) is 14.7. The fraction of sp³-hybridized carbons (Fsp3) is 0.765. The Kier molecular flexibility index (Phi) is 3.53. The number of rotatable bonds is 4. The zero-order chi connectivity index (χ0) is 14.7. The van der Waals surface area contributed by atoms with Gasteiger partial charge in [0.25, 0.3) is 0 Å². The maximum Gasteiger partial charge on any atom is 0.0346 e. The van der Waals surface area contributed by atoms with E-state index < -0.39 is 0 Å². The summed E-state index contributed by atoms with van der Waals surface area (Å²) in [4.78, 5) is 4.29. The van der Waals surface area contributed by atoms with Gasteiger partial charge in [0.1, 0.15) is 0 Å². The largest absolute Gasteiger partial charge is 0.308 e. The van der Waals surface area contributed by atoms with Gasteiger partial charge >= 0.3 is 0 Å². The molecule has 2 atom stereocenters. The van der Waals surface area contributed by atoms with Crippen molar-refractivity contribution < 1.29 is 0 Å². The maximum atomic E-state index is 3.94. The molecule has 0 amide bonds. The van der Waals surface area contributed by atoms with Crippen LogP contribution in [0, 0.1) is 11.8 Å². The van der Waals surface area contributed by atoms with Crippen molar-refractivity contribution in [2.45, 2.75) is 57.2 Å². The van der Waals surface area contributed by atoms with Crippen LogP contribution in [0.5, 0.6) is 0 Å². The molecule has 1 saturated heterocycles. The molecule has 3 aliphatic rings. The molecule has 0 bridgehead atoms. The van der Waals surface area contributed by atoms with E-state index in [9.17, 15) is 0 Å². The van der Waals surface area contributed by atoms with Gasteiger partial charge in [0.15, 0.2) is 0 Å². The summed E-state index contributed by atoms with van der Waals surface area (Å²) < 4.78 is 1.29. The molecule has 1 aliphatic heterocycles. The lowest BCUT2D eigenvalue weighted by Gasteiger charge is -2.53. The van der Waals surface area contributed by atoms with Crippen LogP contribution < -0.4 is 5.32 Å². The Labute approximate surface area is 140 Å². The first-order chi connectivity index (χ1) is 10.0. The Morgan fingerprint density at radius 1 is 1.29 bits per heavy atom. The molecule has 3 fully saturated rings. The SMILES string of the molecule is CC1(C2CC2)CN(Cc2sccc2Br)C(C)(C2CC2)CN1. The quantitative estimate of drug-likeness (QED) is 0.854. The Bertz CT molecular complexity index is 537. The first-order valence-corrected chi connectivity index (χ1v) is 9.90. The van der Waals surface area contributed by atoms with Gasteiger partial charge in [-0.1, -0.05) is 0 Å². The fourth-order valence-corrected chi connectivity index (χ4v) is 5.57. The molecule has 2 heterocycles. The van der Waals surface area contributed by atoms with E-state index in [-0.39, 0.29) is 0 Å². The number of nitrogens with one attached hydrogen (secondary N) is 1. The molecule has 0 aromatic carbocycles. The molecule has 1 N–H and O–H groups in total. The van der Waals surface area contributed by atoms with E-state index in [2.05, 4.69) is 51.4 Å². The fourth-order valence-electron chi connectivity index (χ4n) is 4.08. The smallest absolute Gasteiger partial charge is 0.0346 e. The second-order valence-corrected chi connectivity index (χ2v) is 9.58. The molecule has 116 valence electrons. The minimum atomic E-state index is 0.331. The molecule has 1 aromatic rings. The Hall–Kier alpha value is 0.1000. The highest BCUT2D eigenvalue weighted by atomic mass is 79.9. The van der Waals surface area contributed by atoms with Crippen LogP contribution in [0.25, 0.3) is 0 Å². The minimum absolute atomic E-state index is 0.331. The van der Waals surface area contributed by atoms with Crippen LogP contribution >= 0.6 is 27.3 Å². The van der Waals surface area contributed by atoms with Crippen LogP contribution in [0.15, 0.2) is 15.9 Å². The summed E-state index contributed by atoms with van der Waals surface area (Å²) in [6, 6.07) is 2.19. The summed E-state index contributed by atoms with van der Waals surface area (Å²) in [6.07, 6.45) is 5.67. The van der Waals surface area contributed by atoms with Crippen molar-refractivity contribution in [2.24, 2.45) is 11.8 Å². The summed E-state index contributed by atoms with van der Waals surface area (Å²) in [7, 11) is 0. The molecule has 1 aromatic heterocycles. The van der Waals surface area contributed by atoms with Gasteiger partial charge in [-0.15, -0.1) is 11.3 Å². The predicted octanol–water partition coefficient (Wildman–Crippen LogP) is 4.25. The summed E-state index contributed by atoms with van der Waals surface area (Å²) in [5.74, 6) is 1.79. The highest BCUT2D eigenvalue weighted by Crippen LogP contribution is 2.49. The van der Waals surface area contributed by atoms with E-state index in [4.69, 9.17) is 0 Å². The Balaban J connectivity index is 1.59. The zero-order valence-corrected chi connectivity index (χ0v) is 15.4. The van der Waals surface area contributed by atoms with Gasteiger partial charge in [0.2, 0.25) is 0 Å². The molecule has 21 heavy (non-hydrogen) atoms. The van der Waals surface area contributed by atoms with E-state index in [1.807, 2.05) is 11.3 Å². The van der Waals surface area contributed by atoms with Crippen LogP contribution in [-0.2, 0) is 6.54 Å². The van der Waals surface area contributed by atoms with Gasteiger partial charge in [-0.05, 0) is 78.7 Å². The van der Waals surface area contributed by atoms with Crippen molar-refractivity contribution in [3.05, 3.63) is 20.8 Å². The number of piperazine rings is 1. The summed E-state index contributed by atoms with van der Waals surface area (Å²) in [5.41, 5.74) is 0.677. The van der Waals surface area contributed by atoms with Crippen molar-refractivity contribution >= 4 is 27.3 Å². The van der Waals surface area contributed by atoms with Gasteiger partial charge in [0.05, 0.1) is 0 Å². The maximum absolute atomic E-state index is 3.94. The monoisotopic (exact) mass is 368 g/mol. The lowest BCUT2D eigenvalue weighted by atomic mass is 9.83. The van der Waals surface area contributed by atoms with Crippen LogP contribution in [0.2, 0.25) is 0 Å². The third-order valence-corrected chi connectivity index (χ3v) is 7.96.